The summed E-state index contributed by atoms with van der Waals surface area (Å²) in [6.45, 7) is 5.97. The van der Waals surface area contributed by atoms with Gasteiger partial charge in [-0.3, -0.25) is 0 Å². The maximum Gasteiger partial charge on any atom is 0.390 e. The Morgan fingerprint density at radius 3 is 2.65 bits per heavy atom. The predicted molar refractivity (Wildman–Crippen MR) is 72.4 cm³/mol. The van der Waals surface area contributed by atoms with Crippen molar-refractivity contribution < 1.29 is 17.6 Å². The summed E-state index contributed by atoms with van der Waals surface area (Å²) in [6, 6.07) is 1.92. The number of halogens is 3. The fourth-order valence-electron chi connectivity index (χ4n) is 1.91. The molecule has 0 aliphatic rings. The van der Waals surface area contributed by atoms with Crippen LogP contribution < -0.4 is 5.32 Å². The minimum Gasteiger partial charge on any atom is -0.465 e. The van der Waals surface area contributed by atoms with Crippen LogP contribution in [0.15, 0.2) is 10.5 Å². The lowest BCUT2D eigenvalue weighted by Crippen LogP contribution is -2.24. The van der Waals surface area contributed by atoms with E-state index in [-0.39, 0.29) is 6.54 Å². The SMILES string of the molecule is CCCNCc1cc(CN(C)CCC(F)(F)F)c(C)o1. The number of aryl methyl sites for hydroxylation is 1. The number of alkyl halides is 3. The molecule has 1 heterocycles. The largest absolute Gasteiger partial charge is 0.465 e. The number of rotatable bonds is 8. The number of furan rings is 1. The smallest absolute Gasteiger partial charge is 0.390 e. The van der Waals surface area contributed by atoms with Crippen LogP contribution >= 0.6 is 0 Å². The molecule has 0 unspecified atom stereocenters. The lowest BCUT2D eigenvalue weighted by molar-refractivity contribution is -0.137. The summed E-state index contributed by atoms with van der Waals surface area (Å²) < 4.78 is 42.1. The molecule has 0 atom stereocenters. The highest BCUT2D eigenvalue weighted by atomic mass is 19.4. The Bertz CT molecular complexity index is 402. The van der Waals surface area contributed by atoms with E-state index in [1.807, 2.05) is 13.0 Å². The Morgan fingerprint density at radius 2 is 2.05 bits per heavy atom. The highest BCUT2D eigenvalue weighted by Crippen LogP contribution is 2.21. The number of nitrogens with one attached hydrogen (secondary N) is 1. The molecule has 0 saturated heterocycles. The van der Waals surface area contributed by atoms with Gasteiger partial charge in [0.1, 0.15) is 11.5 Å². The number of nitrogens with zero attached hydrogens (tertiary/aromatic N) is 1. The topological polar surface area (TPSA) is 28.4 Å². The van der Waals surface area contributed by atoms with E-state index in [4.69, 9.17) is 4.42 Å². The van der Waals surface area contributed by atoms with Gasteiger partial charge in [0.2, 0.25) is 0 Å². The molecule has 0 aliphatic carbocycles. The van der Waals surface area contributed by atoms with Gasteiger partial charge in [0.25, 0.3) is 0 Å². The third kappa shape index (κ3) is 6.43. The van der Waals surface area contributed by atoms with Gasteiger partial charge >= 0.3 is 6.18 Å². The van der Waals surface area contributed by atoms with Gasteiger partial charge in [0.05, 0.1) is 13.0 Å². The van der Waals surface area contributed by atoms with Crippen LogP contribution in [0, 0.1) is 6.92 Å². The zero-order valence-corrected chi connectivity index (χ0v) is 12.3. The summed E-state index contributed by atoms with van der Waals surface area (Å²) in [4.78, 5) is 1.66. The monoisotopic (exact) mass is 292 g/mol. The molecular weight excluding hydrogens is 269 g/mol. The van der Waals surface area contributed by atoms with E-state index in [9.17, 15) is 13.2 Å². The van der Waals surface area contributed by atoms with Crippen molar-refractivity contribution in [2.75, 3.05) is 20.1 Å². The molecule has 0 spiro atoms. The Labute approximate surface area is 118 Å². The van der Waals surface area contributed by atoms with Crippen molar-refractivity contribution in [1.29, 1.82) is 0 Å². The first-order chi connectivity index (χ1) is 9.31. The molecule has 6 heteroatoms. The van der Waals surface area contributed by atoms with Gasteiger partial charge in [-0.2, -0.15) is 13.2 Å². The number of hydrogen-bond donors (Lipinski definition) is 1. The first kappa shape index (κ1) is 17.0. The Hall–Kier alpha value is -1.01. The summed E-state index contributed by atoms with van der Waals surface area (Å²) >= 11 is 0. The standard InChI is InChI=1S/C14H23F3N2O/c1-4-6-18-9-13-8-12(11(2)20-13)10-19(3)7-5-14(15,16)17/h8,18H,4-7,9-10H2,1-3H3. The van der Waals surface area contributed by atoms with Gasteiger partial charge in [-0.25, -0.2) is 0 Å². The Kier molecular flexibility index (Phi) is 6.55. The molecule has 20 heavy (non-hydrogen) atoms. The van der Waals surface area contributed by atoms with Crippen LogP contribution in [-0.2, 0) is 13.1 Å². The summed E-state index contributed by atoms with van der Waals surface area (Å²) in [5.74, 6) is 1.60. The molecule has 1 aromatic heterocycles. The molecule has 0 saturated carbocycles. The van der Waals surface area contributed by atoms with Gasteiger partial charge in [-0.15, -0.1) is 0 Å². The van der Waals surface area contributed by atoms with E-state index in [1.54, 1.807) is 11.9 Å². The Morgan fingerprint density at radius 1 is 1.35 bits per heavy atom. The molecule has 0 aromatic carbocycles. The van der Waals surface area contributed by atoms with Gasteiger partial charge in [0.15, 0.2) is 0 Å². The van der Waals surface area contributed by atoms with Crippen molar-refractivity contribution in [3.8, 4) is 0 Å². The lowest BCUT2D eigenvalue weighted by atomic mass is 10.2. The lowest BCUT2D eigenvalue weighted by Gasteiger charge is -2.17. The minimum atomic E-state index is -4.10. The van der Waals surface area contributed by atoms with Gasteiger partial charge in [0, 0.05) is 18.7 Å². The third-order valence-electron chi connectivity index (χ3n) is 3.01. The molecule has 0 aliphatic heterocycles. The minimum absolute atomic E-state index is 0.00244. The molecule has 3 nitrogen and oxygen atoms in total. The fraction of sp³-hybridized carbons (Fsp3) is 0.714. The van der Waals surface area contributed by atoms with Crippen molar-refractivity contribution in [3.05, 3.63) is 23.2 Å². The highest BCUT2D eigenvalue weighted by Gasteiger charge is 2.27. The quantitative estimate of drug-likeness (QED) is 0.744. The van der Waals surface area contributed by atoms with E-state index in [1.165, 1.54) is 0 Å². The molecule has 1 aromatic rings. The second kappa shape index (κ2) is 7.69. The maximum absolute atomic E-state index is 12.2. The molecule has 1 N–H and O–H groups in total. The van der Waals surface area contributed by atoms with E-state index < -0.39 is 12.6 Å². The molecule has 0 amide bonds. The van der Waals surface area contributed by atoms with Crippen molar-refractivity contribution >= 4 is 0 Å². The van der Waals surface area contributed by atoms with Crippen LogP contribution in [0.3, 0.4) is 0 Å². The third-order valence-corrected chi connectivity index (χ3v) is 3.01. The first-order valence-corrected chi connectivity index (χ1v) is 6.86. The van der Waals surface area contributed by atoms with Crippen LogP contribution in [0.4, 0.5) is 13.2 Å². The zero-order chi connectivity index (χ0) is 15.2. The van der Waals surface area contributed by atoms with Crippen LogP contribution in [-0.4, -0.2) is 31.2 Å². The first-order valence-electron chi connectivity index (χ1n) is 6.86. The highest BCUT2D eigenvalue weighted by molar-refractivity contribution is 5.20. The second-order valence-electron chi connectivity index (χ2n) is 5.07. The van der Waals surface area contributed by atoms with Crippen molar-refractivity contribution in [2.24, 2.45) is 0 Å². The van der Waals surface area contributed by atoms with E-state index in [2.05, 4.69) is 12.2 Å². The molecule has 1 rings (SSSR count). The van der Waals surface area contributed by atoms with Gasteiger partial charge < -0.3 is 14.6 Å². The molecule has 0 fully saturated rings. The van der Waals surface area contributed by atoms with Crippen molar-refractivity contribution in [3.63, 3.8) is 0 Å². The maximum atomic E-state index is 12.2. The summed E-state index contributed by atoms with van der Waals surface area (Å²) in [5.41, 5.74) is 0.947. The molecule has 116 valence electrons. The number of hydrogen-bond acceptors (Lipinski definition) is 3. The normalized spacial score (nSPS) is 12.3. The van der Waals surface area contributed by atoms with E-state index in [0.717, 1.165) is 30.0 Å². The van der Waals surface area contributed by atoms with E-state index >= 15 is 0 Å². The second-order valence-corrected chi connectivity index (χ2v) is 5.07. The van der Waals surface area contributed by atoms with Gasteiger partial charge in [-0.05, 0) is 33.0 Å². The summed E-state index contributed by atoms with van der Waals surface area (Å²) in [7, 11) is 1.69. The summed E-state index contributed by atoms with van der Waals surface area (Å²) in [5, 5.41) is 3.23. The molecular formula is C14H23F3N2O. The van der Waals surface area contributed by atoms with Crippen LogP contribution in [0.1, 0.15) is 36.8 Å². The van der Waals surface area contributed by atoms with Crippen LogP contribution in [0.25, 0.3) is 0 Å². The van der Waals surface area contributed by atoms with Crippen LogP contribution in [0.2, 0.25) is 0 Å². The molecule has 0 bridgehead atoms. The van der Waals surface area contributed by atoms with Crippen molar-refractivity contribution in [1.82, 2.24) is 10.2 Å². The predicted octanol–water partition coefficient (Wildman–Crippen LogP) is 3.47. The average Bonchev–Trinajstić information content (AvgIpc) is 2.67. The van der Waals surface area contributed by atoms with E-state index in [0.29, 0.717) is 13.1 Å². The Balaban J connectivity index is 2.46. The zero-order valence-electron chi connectivity index (χ0n) is 12.3. The fourth-order valence-corrected chi connectivity index (χ4v) is 1.91. The average molecular weight is 292 g/mol. The van der Waals surface area contributed by atoms with Crippen LogP contribution in [0.5, 0.6) is 0 Å². The molecule has 0 radical (unpaired) electrons. The van der Waals surface area contributed by atoms with Gasteiger partial charge in [-0.1, -0.05) is 6.92 Å². The van der Waals surface area contributed by atoms with Crippen molar-refractivity contribution in [2.45, 2.75) is 46.0 Å². The summed E-state index contributed by atoms with van der Waals surface area (Å²) in [6.07, 6.45) is -3.84.